The number of rotatable bonds is 4. The molecule has 4 atom stereocenters. The van der Waals surface area contributed by atoms with Crippen molar-refractivity contribution in [2.45, 2.75) is 38.8 Å². The third-order valence-corrected chi connectivity index (χ3v) is 4.58. The van der Waals surface area contributed by atoms with Crippen LogP contribution in [0.5, 0.6) is 0 Å². The number of esters is 3. The van der Waals surface area contributed by atoms with E-state index in [1.165, 1.54) is 0 Å². The lowest BCUT2D eigenvalue weighted by molar-refractivity contribution is -0.185. The van der Waals surface area contributed by atoms with Crippen LogP contribution in [0.1, 0.15) is 20.8 Å². The van der Waals surface area contributed by atoms with Gasteiger partial charge in [0.1, 0.15) is 0 Å². The zero-order valence-electron chi connectivity index (χ0n) is 12.1. The molecule has 0 aromatic carbocycles. The molecule has 0 saturated carbocycles. The fourth-order valence-corrected chi connectivity index (χ4v) is 3.51. The van der Waals surface area contributed by atoms with Crippen LogP contribution < -0.4 is 0 Å². The first-order chi connectivity index (χ1) is 9.69. The summed E-state index contributed by atoms with van der Waals surface area (Å²) in [5.74, 6) is -3.67. The molecule has 0 radical (unpaired) electrons. The summed E-state index contributed by atoms with van der Waals surface area (Å²) >= 11 is 0. The van der Waals surface area contributed by atoms with Crippen LogP contribution in [0.15, 0.2) is 0 Å². The van der Waals surface area contributed by atoms with E-state index in [1.807, 2.05) is 0 Å². The lowest BCUT2D eigenvalue weighted by Crippen LogP contribution is -2.50. The van der Waals surface area contributed by atoms with Gasteiger partial charge in [-0.1, -0.05) is 0 Å². The summed E-state index contributed by atoms with van der Waals surface area (Å²) in [7, 11) is -2.76. The lowest BCUT2D eigenvalue weighted by atomic mass is 10.2. The summed E-state index contributed by atoms with van der Waals surface area (Å²) in [6, 6.07) is 0. The Kier molecular flexibility index (Phi) is 5.88. The Morgan fingerprint density at radius 2 is 1.52 bits per heavy atom. The predicted molar refractivity (Wildman–Crippen MR) is 67.2 cm³/mol. The smallest absolute Gasteiger partial charge is 0.374 e. The maximum atomic E-state index is 12.4. The Labute approximate surface area is 121 Å². The van der Waals surface area contributed by atoms with Crippen LogP contribution in [0, 0.1) is 0 Å². The van der Waals surface area contributed by atoms with Crippen molar-refractivity contribution in [2.24, 2.45) is 0 Å². The van der Waals surface area contributed by atoms with Crippen molar-refractivity contribution in [3.8, 4) is 0 Å². The van der Waals surface area contributed by atoms with Gasteiger partial charge in [0.25, 0.3) is 0 Å². The molecule has 0 N–H and O–H groups in total. The van der Waals surface area contributed by atoms with Gasteiger partial charge in [0.2, 0.25) is 5.85 Å². The van der Waals surface area contributed by atoms with Crippen LogP contribution in [0.4, 0.5) is 0 Å². The first kappa shape index (κ1) is 17.6. The average Bonchev–Trinajstić information content (AvgIpc) is 2.36. The SMILES string of the molecule is CO[P@@]1(=O)OC[C@@H](OC(C)=O)[C@H](OC(C)=O)[C@H]1OC(C)=O. The minimum absolute atomic E-state index is 0.319. The highest BCUT2D eigenvalue weighted by Gasteiger charge is 2.54. The molecule has 9 nitrogen and oxygen atoms in total. The van der Waals surface area contributed by atoms with E-state index >= 15 is 0 Å². The molecule has 10 heteroatoms. The number of hydrogen-bond donors (Lipinski definition) is 0. The van der Waals surface area contributed by atoms with Gasteiger partial charge in [0.05, 0.1) is 6.61 Å². The van der Waals surface area contributed by atoms with E-state index < -0.39 is 43.6 Å². The predicted octanol–water partition coefficient (Wildman–Crippen LogP) is 0.609. The second kappa shape index (κ2) is 7.02. The molecule has 0 aromatic heterocycles. The van der Waals surface area contributed by atoms with Gasteiger partial charge >= 0.3 is 25.5 Å². The largest absolute Gasteiger partial charge is 0.456 e. The van der Waals surface area contributed by atoms with Gasteiger partial charge in [-0.25, -0.2) is 0 Å². The molecule has 1 rings (SSSR count). The minimum atomic E-state index is -3.86. The Morgan fingerprint density at radius 3 is 1.95 bits per heavy atom. The van der Waals surface area contributed by atoms with Crippen LogP contribution >= 0.6 is 7.60 Å². The fraction of sp³-hybridized carbons (Fsp3) is 0.727. The molecule has 0 aliphatic carbocycles. The summed E-state index contributed by atoms with van der Waals surface area (Å²) in [5, 5.41) is 0. The molecule has 1 saturated heterocycles. The first-order valence-electron chi connectivity index (χ1n) is 6.01. The molecule has 0 aromatic rings. The van der Waals surface area contributed by atoms with Crippen molar-refractivity contribution in [1.82, 2.24) is 0 Å². The summed E-state index contributed by atoms with van der Waals surface area (Å²) < 4.78 is 37.1. The summed E-state index contributed by atoms with van der Waals surface area (Å²) in [6.45, 7) is 3.03. The third kappa shape index (κ3) is 4.52. The second-order valence-corrected chi connectivity index (χ2v) is 6.45. The highest BCUT2D eigenvalue weighted by atomic mass is 31.2. The van der Waals surface area contributed by atoms with Crippen LogP contribution in [0.25, 0.3) is 0 Å². The quantitative estimate of drug-likeness (QED) is 0.416. The molecule has 0 bridgehead atoms. The molecule has 0 spiro atoms. The zero-order chi connectivity index (χ0) is 16.2. The minimum Gasteiger partial charge on any atom is -0.456 e. The molecule has 21 heavy (non-hydrogen) atoms. The molecular formula is C11H17O9P. The highest BCUT2D eigenvalue weighted by molar-refractivity contribution is 7.54. The van der Waals surface area contributed by atoms with Crippen molar-refractivity contribution in [3.05, 3.63) is 0 Å². The molecule has 1 heterocycles. The number of carbonyl (C=O) groups excluding carboxylic acids is 3. The Balaban J connectivity index is 3.13. The van der Waals surface area contributed by atoms with Gasteiger partial charge in [0, 0.05) is 27.9 Å². The van der Waals surface area contributed by atoms with Crippen LogP contribution in [0.2, 0.25) is 0 Å². The first-order valence-corrected chi connectivity index (χ1v) is 7.62. The van der Waals surface area contributed by atoms with Crippen LogP contribution in [-0.2, 0) is 42.2 Å². The Hall–Kier alpha value is -1.44. The van der Waals surface area contributed by atoms with Crippen molar-refractivity contribution < 1.29 is 42.2 Å². The van der Waals surface area contributed by atoms with Gasteiger partial charge in [-0.3, -0.25) is 18.9 Å². The van der Waals surface area contributed by atoms with E-state index in [1.54, 1.807) is 0 Å². The van der Waals surface area contributed by atoms with E-state index in [2.05, 4.69) is 0 Å². The molecule has 120 valence electrons. The van der Waals surface area contributed by atoms with E-state index in [0.29, 0.717) is 0 Å². The van der Waals surface area contributed by atoms with E-state index in [9.17, 15) is 18.9 Å². The molecular weight excluding hydrogens is 307 g/mol. The Morgan fingerprint density at radius 1 is 1.00 bits per heavy atom. The number of hydrogen-bond acceptors (Lipinski definition) is 9. The van der Waals surface area contributed by atoms with E-state index in [-0.39, 0.29) is 6.61 Å². The molecule has 1 aliphatic heterocycles. The van der Waals surface area contributed by atoms with Gasteiger partial charge < -0.3 is 23.3 Å². The van der Waals surface area contributed by atoms with Crippen molar-refractivity contribution in [3.63, 3.8) is 0 Å². The van der Waals surface area contributed by atoms with Gasteiger partial charge in [0.15, 0.2) is 12.2 Å². The maximum absolute atomic E-state index is 12.4. The second-order valence-electron chi connectivity index (χ2n) is 4.24. The van der Waals surface area contributed by atoms with E-state index in [4.69, 9.17) is 23.3 Å². The van der Waals surface area contributed by atoms with Gasteiger partial charge in [-0.05, 0) is 0 Å². The standard InChI is InChI=1S/C11H17O9P/c1-6(12)18-9-5-17-21(15,16-4)11(20-8(3)14)10(9)19-7(2)13/h9-11H,5H2,1-4H3/t9-,10+,11+,21-/m1/s1. The van der Waals surface area contributed by atoms with Crippen LogP contribution in [-0.4, -0.2) is 49.7 Å². The maximum Gasteiger partial charge on any atom is 0.374 e. The normalized spacial score (nSPS) is 32.1. The summed E-state index contributed by atoms with van der Waals surface area (Å²) in [6.07, 6.45) is -2.34. The molecule has 0 unspecified atom stereocenters. The number of carbonyl (C=O) groups is 3. The Bertz CT molecular complexity index is 474. The summed E-state index contributed by atoms with van der Waals surface area (Å²) in [4.78, 5) is 33.4. The van der Waals surface area contributed by atoms with Crippen LogP contribution in [0.3, 0.4) is 0 Å². The average molecular weight is 324 g/mol. The lowest BCUT2D eigenvalue weighted by Gasteiger charge is -2.38. The van der Waals surface area contributed by atoms with Crippen molar-refractivity contribution >= 4 is 25.5 Å². The van der Waals surface area contributed by atoms with Gasteiger partial charge in [-0.15, -0.1) is 0 Å². The molecule has 1 aliphatic rings. The monoisotopic (exact) mass is 324 g/mol. The summed E-state index contributed by atoms with van der Waals surface area (Å²) in [5.41, 5.74) is 0. The van der Waals surface area contributed by atoms with E-state index in [0.717, 1.165) is 27.9 Å². The highest BCUT2D eigenvalue weighted by Crippen LogP contribution is 2.57. The van der Waals surface area contributed by atoms with Crippen molar-refractivity contribution in [2.75, 3.05) is 13.7 Å². The molecule has 0 amide bonds. The topological polar surface area (TPSA) is 114 Å². The fourth-order valence-electron chi connectivity index (χ4n) is 1.81. The zero-order valence-corrected chi connectivity index (χ0v) is 13.0. The molecule has 1 fully saturated rings. The third-order valence-electron chi connectivity index (χ3n) is 2.54. The van der Waals surface area contributed by atoms with Gasteiger partial charge in [-0.2, -0.15) is 0 Å². The number of ether oxygens (including phenoxy) is 3. The van der Waals surface area contributed by atoms with Crippen molar-refractivity contribution in [1.29, 1.82) is 0 Å².